The van der Waals surface area contributed by atoms with Crippen LogP contribution in [0.5, 0.6) is 11.5 Å². The third kappa shape index (κ3) is 4.91. The van der Waals surface area contributed by atoms with Crippen molar-refractivity contribution in [1.29, 1.82) is 0 Å². The minimum atomic E-state index is -0.594. The molecule has 0 saturated carbocycles. The second kappa shape index (κ2) is 10.3. The second-order valence-corrected chi connectivity index (χ2v) is 8.58. The lowest BCUT2D eigenvalue weighted by Crippen LogP contribution is -2.55. The summed E-state index contributed by atoms with van der Waals surface area (Å²) in [5, 5.41) is 0. The van der Waals surface area contributed by atoms with E-state index in [9.17, 15) is 14.4 Å². The number of nitrogens with zero attached hydrogens (tertiary/aromatic N) is 4. The topological polar surface area (TPSA) is 111 Å². The average Bonchev–Trinajstić information content (AvgIpc) is 3.31. The van der Waals surface area contributed by atoms with Gasteiger partial charge in [0.25, 0.3) is 11.8 Å². The molecule has 0 aliphatic carbocycles. The molecule has 10 nitrogen and oxygen atoms in total. The maximum atomic E-state index is 13.6. The van der Waals surface area contributed by atoms with Crippen LogP contribution in [0.1, 0.15) is 69.9 Å². The maximum absolute atomic E-state index is 13.6. The van der Waals surface area contributed by atoms with Crippen molar-refractivity contribution in [3.8, 4) is 11.5 Å². The molecule has 0 N–H and O–H groups in total. The summed E-state index contributed by atoms with van der Waals surface area (Å²) in [6, 6.07) is 4.88. The Morgan fingerprint density at radius 3 is 2.57 bits per heavy atom. The quantitative estimate of drug-likeness (QED) is 0.578. The van der Waals surface area contributed by atoms with Gasteiger partial charge in [-0.05, 0) is 45.4 Å². The van der Waals surface area contributed by atoms with Crippen molar-refractivity contribution in [2.45, 2.75) is 46.6 Å². The molecule has 0 spiro atoms. The number of benzene rings is 1. The Kier molecular flexibility index (Phi) is 7.18. The van der Waals surface area contributed by atoms with Crippen LogP contribution in [0.3, 0.4) is 0 Å². The summed E-state index contributed by atoms with van der Waals surface area (Å²) in [6.45, 7) is 8.58. The number of rotatable bonds is 6. The van der Waals surface area contributed by atoms with Crippen LogP contribution < -0.4 is 9.47 Å². The van der Waals surface area contributed by atoms with Crippen molar-refractivity contribution in [3.05, 3.63) is 46.5 Å². The van der Waals surface area contributed by atoms with E-state index < -0.39 is 5.97 Å². The zero-order valence-electron chi connectivity index (χ0n) is 20.5. The van der Waals surface area contributed by atoms with Gasteiger partial charge in [0.05, 0.1) is 12.3 Å². The van der Waals surface area contributed by atoms with Gasteiger partial charge in [-0.2, -0.15) is 0 Å². The number of amides is 2. The smallest absolute Gasteiger partial charge is 0.342 e. The van der Waals surface area contributed by atoms with E-state index in [-0.39, 0.29) is 42.5 Å². The molecule has 2 aliphatic rings. The predicted octanol–water partition coefficient (Wildman–Crippen LogP) is 2.63. The lowest BCUT2D eigenvalue weighted by Gasteiger charge is -2.40. The van der Waals surface area contributed by atoms with E-state index >= 15 is 0 Å². The largest absolute Gasteiger partial charge is 0.462 e. The molecule has 1 aromatic carbocycles. The molecule has 0 radical (unpaired) electrons. The Bertz CT molecular complexity index is 1150. The van der Waals surface area contributed by atoms with Crippen molar-refractivity contribution in [2.24, 2.45) is 0 Å². The van der Waals surface area contributed by atoms with Crippen LogP contribution in [-0.2, 0) is 11.2 Å². The van der Waals surface area contributed by atoms with Gasteiger partial charge in [-0.25, -0.2) is 14.8 Å². The van der Waals surface area contributed by atoms with E-state index in [4.69, 9.17) is 14.2 Å². The number of hydrogen-bond donors (Lipinski definition) is 0. The Labute approximate surface area is 204 Å². The second-order valence-electron chi connectivity index (χ2n) is 8.58. The van der Waals surface area contributed by atoms with Crippen molar-refractivity contribution < 1.29 is 28.6 Å². The Balaban J connectivity index is 1.54. The fourth-order valence-corrected chi connectivity index (χ4v) is 4.41. The first kappa shape index (κ1) is 24.4. The number of hydrogen-bond acceptors (Lipinski definition) is 8. The number of fused-ring (bicyclic) bond motifs is 1. The van der Waals surface area contributed by atoms with Crippen molar-refractivity contribution in [1.82, 2.24) is 19.8 Å². The third-order valence-corrected chi connectivity index (χ3v) is 6.06. The number of esters is 1. The van der Waals surface area contributed by atoms with E-state index in [1.54, 1.807) is 41.8 Å². The third-order valence-electron chi connectivity index (χ3n) is 6.06. The van der Waals surface area contributed by atoms with Crippen LogP contribution >= 0.6 is 0 Å². The van der Waals surface area contributed by atoms with Gasteiger partial charge in [-0.15, -0.1) is 0 Å². The molecule has 0 bridgehead atoms. The molecule has 2 aliphatic heterocycles. The summed E-state index contributed by atoms with van der Waals surface area (Å²) in [6.07, 6.45) is 1.29. The highest BCUT2D eigenvalue weighted by Gasteiger charge is 2.34. The molecule has 2 aromatic rings. The fraction of sp³-hybridized carbons (Fsp3) is 0.480. The highest BCUT2D eigenvalue weighted by molar-refractivity contribution is 6.05. The standard InChI is InChI=1S/C25H30N4O6/c1-5-7-18-21(25(32)33-6-2)22(27-16(4)26-18)24(31)28-10-11-29(15(3)13-28)23(30)17-8-9-19-20(12-17)35-14-34-19/h8-9,12,15H,5-7,10-11,13-14H2,1-4H3. The minimum Gasteiger partial charge on any atom is -0.462 e. The van der Waals surface area contributed by atoms with Crippen LogP contribution in [0.4, 0.5) is 0 Å². The van der Waals surface area contributed by atoms with Crippen LogP contribution in [0.2, 0.25) is 0 Å². The lowest BCUT2D eigenvalue weighted by atomic mass is 10.0. The highest BCUT2D eigenvalue weighted by atomic mass is 16.7. The lowest BCUT2D eigenvalue weighted by molar-refractivity contribution is 0.0405. The summed E-state index contributed by atoms with van der Waals surface area (Å²) >= 11 is 0. The highest BCUT2D eigenvalue weighted by Crippen LogP contribution is 2.33. The van der Waals surface area contributed by atoms with Crippen LogP contribution in [0.25, 0.3) is 0 Å². The molecule has 35 heavy (non-hydrogen) atoms. The van der Waals surface area contributed by atoms with Gasteiger partial charge in [0.2, 0.25) is 6.79 Å². The average molecular weight is 483 g/mol. The first-order chi connectivity index (χ1) is 16.8. The molecule has 1 fully saturated rings. The summed E-state index contributed by atoms with van der Waals surface area (Å²) in [5.41, 5.74) is 1.21. The van der Waals surface area contributed by atoms with Gasteiger partial charge in [0, 0.05) is 31.2 Å². The zero-order chi connectivity index (χ0) is 25.1. The zero-order valence-corrected chi connectivity index (χ0v) is 20.5. The van der Waals surface area contributed by atoms with Crippen molar-refractivity contribution >= 4 is 17.8 Å². The van der Waals surface area contributed by atoms with Gasteiger partial charge in [-0.1, -0.05) is 13.3 Å². The van der Waals surface area contributed by atoms with Gasteiger partial charge in [-0.3, -0.25) is 9.59 Å². The molecular weight excluding hydrogens is 452 g/mol. The van der Waals surface area contributed by atoms with Crippen LogP contribution in [0, 0.1) is 6.92 Å². The minimum absolute atomic E-state index is 0.0575. The van der Waals surface area contributed by atoms with E-state index in [0.29, 0.717) is 54.6 Å². The number of aryl methyl sites for hydroxylation is 2. The fourth-order valence-electron chi connectivity index (χ4n) is 4.41. The monoisotopic (exact) mass is 482 g/mol. The molecular formula is C25H30N4O6. The first-order valence-electron chi connectivity index (χ1n) is 11.9. The van der Waals surface area contributed by atoms with Gasteiger partial charge >= 0.3 is 5.97 Å². The summed E-state index contributed by atoms with van der Waals surface area (Å²) in [4.78, 5) is 51.6. The van der Waals surface area contributed by atoms with Gasteiger partial charge < -0.3 is 24.0 Å². The Morgan fingerprint density at radius 1 is 1.09 bits per heavy atom. The molecule has 1 atom stereocenters. The summed E-state index contributed by atoms with van der Waals surface area (Å²) in [7, 11) is 0. The van der Waals surface area contributed by atoms with Crippen LogP contribution in [-0.4, -0.2) is 76.6 Å². The van der Waals surface area contributed by atoms with E-state index in [0.717, 1.165) is 6.42 Å². The van der Waals surface area contributed by atoms with Gasteiger partial charge in [0.15, 0.2) is 11.5 Å². The number of ether oxygens (including phenoxy) is 3. The molecule has 2 amide bonds. The van der Waals surface area contributed by atoms with Gasteiger partial charge in [0.1, 0.15) is 17.1 Å². The molecule has 1 aromatic heterocycles. The number of carbonyl (C=O) groups excluding carboxylic acids is 3. The Morgan fingerprint density at radius 2 is 1.86 bits per heavy atom. The van der Waals surface area contributed by atoms with E-state index in [2.05, 4.69) is 9.97 Å². The van der Waals surface area contributed by atoms with Crippen molar-refractivity contribution in [3.63, 3.8) is 0 Å². The molecule has 3 heterocycles. The SMILES string of the molecule is CCCc1nc(C)nc(C(=O)N2CCN(C(=O)c3ccc4c(c3)OCO4)C(C)C2)c1C(=O)OCC. The molecule has 10 heteroatoms. The number of piperazine rings is 1. The molecule has 4 rings (SSSR count). The first-order valence-corrected chi connectivity index (χ1v) is 11.9. The molecule has 1 saturated heterocycles. The number of carbonyl (C=O) groups is 3. The summed E-state index contributed by atoms with van der Waals surface area (Å²) < 4.78 is 15.9. The van der Waals surface area contributed by atoms with Crippen molar-refractivity contribution in [2.75, 3.05) is 33.0 Å². The van der Waals surface area contributed by atoms with E-state index in [1.165, 1.54) is 0 Å². The van der Waals surface area contributed by atoms with Crippen LogP contribution in [0.15, 0.2) is 18.2 Å². The summed E-state index contributed by atoms with van der Waals surface area (Å²) in [5.74, 6) is 0.491. The number of aromatic nitrogens is 2. The molecule has 186 valence electrons. The normalized spacial score (nSPS) is 16.9. The Hall–Kier alpha value is -3.69. The predicted molar refractivity (Wildman–Crippen MR) is 126 cm³/mol. The molecule has 1 unspecified atom stereocenters. The van der Waals surface area contributed by atoms with E-state index in [1.807, 2.05) is 13.8 Å². The maximum Gasteiger partial charge on any atom is 0.342 e.